The molecule has 184 valence electrons. The summed E-state index contributed by atoms with van der Waals surface area (Å²) in [5.41, 5.74) is 10.9. The summed E-state index contributed by atoms with van der Waals surface area (Å²) >= 11 is 0. The van der Waals surface area contributed by atoms with Crippen LogP contribution in [-0.4, -0.2) is 0 Å². The topological polar surface area (TPSA) is 0 Å². The van der Waals surface area contributed by atoms with Crippen molar-refractivity contribution >= 4 is 21.5 Å². The second kappa shape index (κ2) is 13.4. The van der Waals surface area contributed by atoms with E-state index in [1.54, 1.807) is 0 Å². The number of halogens is 2. The Balaban J connectivity index is 0.000000241. The summed E-state index contributed by atoms with van der Waals surface area (Å²) in [5.74, 6) is 0. The van der Waals surface area contributed by atoms with Gasteiger partial charge < -0.3 is 24.8 Å². The van der Waals surface area contributed by atoms with Crippen molar-refractivity contribution in [3.63, 3.8) is 0 Å². The van der Waals surface area contributed by atoms with Crippen LogP contribution in [0.1, 0.15) is 22.3 Å². The van der Waals surface area contributed by atoms with E-state index >= 15 is 0 Å². The maximum absolute atomic E-state index is 2.23. The summed E-state index contributed by atoms with van der Waals surface area (Å²) in [4.78, 5) is 0. The minimum atomic E-state index is 0. The van der Waals surface area contributed by atoms with Crippen LogP contribution in [0.25, 0.3) is 43.8 Å². The summed E-state index contributed by atoms with van der Waals surface area (Å²) in [5, 5.41) is 5.34. The zero-order valence-electron chi connectivity index (χ0n) is 21.6. The molecule has 0 heterocycles. The number of rotatable bonds is 2. The molecule has 0 bridgehead atoms. The molecule has 0 N–H and O–H groups in total. The molecule has 0 unspecified atom stereocenters. The summed E-state index contributed by atoms with van der Waals surface area (Å²) in [7, 11) is 0. The number of benzene rings is 4. The van der Waals surface area contributed by atoms with E-state index in [9.17, 15) is 0 Å². The van der Waals surface area contributed by atoms with Crippen LogP contribution in [0.3, 0.4) is 0 Å². The average Bonchev–Trinajstić information content (AvgIpc) is 3.48. The minimum absolute atomic E-state index is 0. The molecule has 0 aliphatic carbocycles. The molecule has 6 aromatic rings. The third-order valence-corrected chi connectivity index (χ3v) is 7.15. The van der Waals surface area contributed by atoms with Crippen molar-refractivity contribution in [2.24, 2.45) is 0 Å². The molecule has 0 amide bonds. The zero-order chi connectivity index (χ0) is 23.7. The van der Waals surface area contributed by atoms with Crippen LogP contribution < -0.4 is 24.8 Å². The minimum Gasteiger partial charge on any atom is -1.00 e. The average molecular weight is 601 g/mol. The van der Waals surface area contributed by atoms with E-state index in [-0.39, 0.29) is 51.0 Å². The Bertz CT molecular complexity index is 1480. The first kappa shape index (κ1) is 30.8. The second-order valence-corrected chi connectivity index (χ2v) is 9.16. The summed E-state index contributed by atoms with van der Waals surface area (Å²) in [6.45, 7) is 8.74. The molecule has 0 aromatic heterocycles. The molecular weight excluding hydrogens is 571 g/mol. The van der Waals surface area contributed by atoms with Crippen LogP contribution in [0.15, 0.2) is 109 Å². The Labute approximate surface area is 252 Å². The Hall–Kier alpha value is -2.44. The van der Waals surface area contributed by atoms with Gasteiger partial charge in [-0.05, 0) is 13.8 Å². The molecule has 0 radical (unpaired) electrons. The van der Waals surface area contributed by atoms with Crippen LogP contribution >= 0.6 is 0 Å². The fourth-order valence-corrected chi connectivity index (χ4v) is 4.86. The Morgan fingerprint density at radius 1 is 0.432 bits per heavy atom. The van der Waals surface area contributed by atoms with Crippen LogP contribution in [0.5, 0.6) is 0 Å². The standard InChI is InChI=1S/2C17H15.2ClH.Zr/c2*1-12-6-5-9-15(13(12)2)17-11-10-14-7-3-4-8-16(14)17;;;/h2*3-11H,1-2H3;2*1H;/q2*-1;;;+4/p-2. The maximum atomic E-state index is 2.23. The van der Waals surface area contributed by atoms with Crippen molar-refractivity contribution in [2.45, 2.75) is 27.7 Å². The van der Waals surface area contributed by atoms with Gasteiger partial charge in [0, 0.05) is 0 Å². The van der Waals surface area contributed by atoms with Crippen molar-refractivity contribution in [3.05, 3.63) is 131 Å². The molecule has 0 nitrogen and oxygen atoms in total. The monoisotopic (exact) mass is 598 g/mol. The maximum Gasteiger partial charge on any atom is 4.00 e. The van der Waals surface area contributed by atoms with Gasteiger partial charge in [-0.1, -0.05) is 141 Å². The van der Waals surface area contributed by atoms with Gasteiger partial charge in [0.05, 0.1) is 0 Å². The molecule has 6 aromatic carbocycles. The van der Waals surface area contributed by atoms with Crippen molar-refractivity contribution < 1.29 is 51.0 Å². The van der Waals surface area contributed by atoms with Crippen LogP contribution in [0, 0.1) is 27.7 Å². The van der Waals surface area contributed by atoms with E-state index < -0.39 is 0 Å². The predicted octanol–water partition coefficient (Wildman–Crippen LogP) is 3.69. The van der Waals surface area contributed by atoms with E-state index in [0.717, 1.165) is 0 Å². The fourth-order valence-electron chi connectivity index (χ4n) is 4.86. The molecule has 0 saturated carbocycles. The van der Waals surface area contributed by atoms with Gasteiger partial charge in [-0.2, -0.15) is 0 Å². The quantitative estimate of drug-likeness (QED) is 0.266. The van der Waals surface area contributed by atoms with E-state index in [0.29, 0.717) is 0 Å². The van der Waals surface area contributed by atoms with E-state index in [2.05, 4.69) is 137 Å². The largest absolute Gasteiger partial charge is 4.00 e. The van der Waals surface area contributed by atoms with Gasteiger partial charge in [0.25, 0.3) is 0 Å². The Morgan fingerprint density at radius 3 is 1.22 bits per heavy atom. The fraction of sp³-hybridized carbons (Fsp3) is 0.118. The van der Waals surface area contributed by atoms with Crippen molar-refractivity contribution in [2.75, 3.05) is 0 Å². The van der Waals surface area contributed by atoms with Crippen LogP contribution in [-0.2, 0) is 26.2 Å². The number of aryl methyl sites for hydroxylation is 2. The van der Waals surface area contributed by atoms with Crippen molar-refractivity contribution in [1.82, 2.24) is 0 Å². The molecule has 6 rings (SSSR count). The molecule has 0 spiro atoms. The van der Waals surface area contributed by atoms with Crippen molar-refractivity contribution in [1.29, 1.82) is 0 Å². The zero-order valence-corrected chi connectivity index (χ0v) is 25.6. The van der Waals surface area contributed by atoms with E-state index in [1.165, 1.54) is 66.1 Å². The number of fused-ring (bicyclic) bond motifs is 2. The summed E-state index contributed by atoms with van der Waals surface area (Å²) in [6.07, 6.45) is 0. The first-order valence-electron chi connectivity index (χ1n) is 12.0. The van der Waals surface area contributed by atoms with Gasteiger partial charge in [-0.3, -0.25) is 0 Å². The summed E-state index contributed by atoms with van der Waals surface area (Å²) < 4.78 is 0. The van der Waals surface area contributed by atoms with E-state index in [4.69, 9.17) is 0 Å². The third-order valence-electron chi connectivity index (χ3n) is 7.15. The number of hydrogen-bond donors (Lipinski definition) is 0. The Kier molecular flexibility index (Phi) is 11.1. The second-order valence-electron chi connectivity index (χ2n) is 9.16. The first-order chi connectivity index (χ1) is 16.5. The van der Waals surface area contributed by atoms with Gasteiger partial charge in [-0.15, -0.1) is 48.5 Å². The molecule has 0 aliphatic heterocycles. The van der Waals surface area contributed by atoms with Gasteiger partial charge in [0.1, 0.15) is 0 Å². The molecule has 0 atom stereocenters. The van der Waals surface area contributed by atoms with Gasteiger partial charge in [-0.25, -0.2) is 0 Å². The molecule has 37 heavy (non-hydrogen) atoms. The predicted molar refractivity (Wildman–Crippen MR) is 149 cm³/mol. The SMILES string of the molecule is Cc1cccc(-[c-]2ccc3ccccc32)c1C.Cc1cccc(-[c-]2ccc3ccccc32)c1C.[Cl-].[Cl-].[Zr+4]. The number of hydrogen-bond acceptors (Lipinski definition) is 0. The summed E-state index contributed by atoms with van der Waals surface area (Å²) in [6, 6.07) is 39.0. The third kappa shape index (κ3) is 6.18. The van der Waals surface area contributed by atoms with Gasteiger partial charge in [0.15, 0.2) is 0 Å². The molecular formula is C34H30Cl2Zr. The van der Waals surface area contributed by atoms with E-state index in [1.807, 2.05) is 0 Å². The van der Waals surface area contributed by atoms with Crippen LogP contribution in [0.4, 0.5) is 0 Å². The molecule has 0 saturated heterocycles. The smallest absolute Gasteiger partial charge is 1.00 e. The molecule has 3 heteroatoms. The van der Waals surface area contributed by atoms with Crippen LogP contribution in [0.2, 0.25) is 0 Å². The first-order valence-corrected chi connectivity index (χ1v) is 12.0. The Morgan fingerprint density at radius 2 is 0.811 bits per heavy atom. The van der Waals surface area contributed by atoms with Gasteiger partial charge in [0.2, 0.25) is 0 Å². The molecule has 0 fully saturated rings. The van der Waals surface area contributed by atoms with Gasteiger partial charge >= 0.3 is 26.2 Å². The van der Waals surface area contributed by atoms with Crippen molar-refractivity contribution in [3.8, 4) is 22.3 Å². The molecule has 0 aliphatic rings. The normalized spacial score (nSPS) is 10.1.